The van der Waals surface area contributed by atoms with Gasteiger partial charge in [-0.25, -0.2) is 9.67 Å². The number of hydrogen-bond donors (Lipinski definition) is 2. The SMILES string of the molecule is CC(=O)Nc1ccc(NC(=O)CCc2nc3c(C)nn(-c4ccccc4)c3n(C)c2=O)cc1. The number of carbonyl (C=O) groups is 2. The number of para-hydroxylation sites is 1. The minimum atomic E-state index is -0.257. The average molecular weight is 444 g/mol. The molecule has 2 heterocycles. The second-order valence-electron chi connectivity index (χ2n) is 7.73. The number of nitrogens with one attached hydrogen (secondary N) is 2. The summed E-state index contributed by atoms with van der Waals surface area (Å²) >= 11 is 0. The Morgan fingerprint density at radius 2 is 1.61 bits per heavy atom. The summed E-state index contributed by atoms with van der Waals surface area (Å²) in [6.07, 6.45) is 0.307. The van der Waals surface area contributed by atoms with E-state index < -0.39 is 0 Å². The number of rotatable bonds is 6. The predicted octanol–water partition coefficient (Wildman–Crippen LogP) is 2.96. The van der Waals surface area contributed by atoms with Crippen molar-refractivity contribution in [3.8, 4) is 5.69 Å². The van der Waals surface area contributed by atoms with Crippen LogP contribution in [-0.4, -0.2) is 31.1 Å². The molecular formula is C24H24N6O3. The second-order valence-corrected chi connectivity index (χ2v) is 7.73. The smallest absolute Gasteiger partial charge is 0.273 e. The molecule has 4 aromatic rings. The van der Waals surface area contributed by atoms with Crippen LogP contribution in [0.3, 0.4) is 0 Å². The maximum absolute atomic E-state index is 13.0. The van der Waals surface area contributed by atoms with Gasteiger partial charge in [0.1, 0.15) is 11.2 Å². The zero-order chi connectivity index (χ0) is 23.5. The fourth-order valence-corrected chi connectivity index (χ4v) is 3.62. The van der Waals surface area contributed by atoms with Gasteiger partial charge in [0, 0.05) is 38.2 Å². The molecule has 4 rings (SSSR count). The monoisotopic (exact) mass is 444 g/mol. The van der Waals surface area contributed by atoms with Crippen LogP contribution in [0.2, 0.25) is 0 Å². The van der Waals surface area contributed by atoms with Gasteiger partial charge in [0.25, 0.3) is 5.56 Å². The van der Waals surface area contributed by atoms with Crippen LogP contribution in [0.15, 0.2) is 59.4 Å². The van der Waals surface area contributed by atoms with Gasteiger partial charge in [-0.05, 0) is 43.3 Å². The van der Waals surface area contributed by atoms with Crippen LogP contribution in [0.5, 0.6) is 0 Å². The molecule has 0 saturated carbocycles. The lowest BCUT2D eigenvalue weighted by Gasteiger charge is -2.09. The number of aryl methyl sites for hydroxylation is 3. The van der Waals surface area contributed by atoms with Gasteiger partial charge in [0.15, 0.2) is 5.65 Å². The lowest BCUT2D eigenvalue weighted by Crippen LogP contribution is -2.25. The van der Waals surface area contributed by atoms with Crippen molar-refractivity contribution in [3.63, 3.8) is 0 Å². The van der Waals surface area contributed by atoms with Gasteiger partial charge in [0.2, 0.25) is 11.8 Å². The first-order valence-corrected chi connectivity index (χ1v) is 10.5. The summed E-state index contributed by atoms with van der Waals surface area (Å²) in [4.78, 5) is 41.1. The van der Waals surface area contributed by atoms with Crippen molar-refractivity contribution in [3.05, 3.63) is 76.3 Å². The summed E-state index contributed by atoms with van der Waals surface area (Å²) < 4.78 is 3.24. The van der Waals surface area contributed by atoms with E-state index in [1.165, 1.54) is 11.5 Å². The van der Waals surface area contributed by atoms with Crippen LogP contribution in [0.4, 0.5) is 11.4 Å². The standard InChI is InChI=1S/C24H24N6O3/c1-15-22-23(30(28-15)19-7-5-4-6-8-19)29(3)24(33)20(27-22)13-14-21(32)26-18-11-9-17(10-12-18)25-16(2)31/h4-12H,13-14H2,1-3H3,(H,25,31)(H,26,32). The van der Waals surface area contributed by atoms with E-state index in [2.05, 4.69) is 20.7 Å². The number of hydrogen-bond acceptors (Lipinski definition) is 5. The first-order chi connectivity index (χ1) is 15.8. The topological polar surface area (TPSA) is 111 Å². The Morgan fingerprint density at radius 1 is 0.970 bits per heavy atom. The highest BCUT2D eigenvalue weighted by Crippen LogP contribution is 2.19. The minimum Gasteiger partial charge on any atom is -0.326 e. The number of amides is 2. The normalized spacial score (nSPS) is 10.9. The highest BCUT2D eigenvalue weighted by molar-refractivity contribution is 5.92. The van der Waals surface area contributed by atoms with Crippen molar-refractivity contribution < 1.29 is 9.59 Å². The van der Waals surface area contributed by atoms with Crippen LogP contribution >= 0.6 is 0 Å². The number of benzene rings is 2. The van der Waals surface area contributed by atoms with Crippen molar-refractivity contribution in [2.24, 2.45) is 7.05 Å². The van der Waals surface area contributed by atoms with Crippen LogP contribution in [-0.2, 0) is 23.1 Å². The van der Waals surface area contributed by atoms with E-state index in [1.54, 1.807) is 36.0 Å². The summed E-state index contributed by atoms with van der Waals surface area (Å²) in [6.45, 7) is 3.28. The maximum Gasteiger partial charge on any atom is 0.273 e. The number of carbonyl (C=O) groups excluding carboxylic acids is 2. The van der Waals surface area contributed by atoms with Crippen molar-refractivity contribution in [2.75, 3.05) is 10.6 Å². The highest BCUT2D eigenvalue weighted by atomic mass is 16.2. The predicted molar refractivity (Wildman–Crippen MR) is 127 cm³/mol. The molecule has 0 aliphatic rings. The Kier molecular flexibility index (Phi) is 6.03. The first-order valence-electron chi connectivity index (χ1n) is 10.5. The lowest BCUT2D eigenvalue weighted by molar-refractivity contribution is -0.116. The zero-order valence-electron chi connectivity index (χ0n) is 18.6. The van der Waals surface area contributed by atoms with E-state index in [9.17, 15) is 14.4 Å². The third kappa shape index (κ3) is 4.67. The van der Waals surface area contributed by atoms with Gasteiger partial charge in [0.05, 0.1) is 11.4 Å². The molecule has 9 heteroatoms. The molecule has 0 unspecified atom stereocenters. The van der Waals surface area contributed by atoms with Crippen LogP contribution < -0.4 is 16.2 Å². The number of aromatic nitrogens is 4. The molecular weight excluding hydrogens is 420 g/mol. The Hall–Kier alpha value is -4.27. The summed E-state index contributed by atoms with van der Waals surface area (Å²) in [5.41, 5.74) is 4.08. The molecule has 9 nitrogen and oxygen atoms in total. The number of anilines is 2. The molecule has 33 heavy (non-hydrogen) atoms. The molecule has 2 amide bonds. The highest BCUT2D eigenvalue weighted by Gasteiger charge is 2.18. The molecule has 168 valence electrons. The molecule has 0 saturated heterocycles. The van der Waals surface area contributed by atoms with Crippen LogP contribution in [0.25, 0.3) is 16.9 Å². The van der Waals surface area contributed by atoms with Gasteiger partial charge in [-0.3, -0.25) is 19.0 Å². The quantitative estimate of drug-likeness (QED) is 0.475. The molecule has 0 bridgehead atoms. The van der Waals surface area contributed by atoms with E-state index in [0.29, 0.717) is 33.9 Å². The van der Waals surface area contributed by atoms with Gasteiger partial charge in [-0.15, -0.1) is 0 Å². The van der Waals surface area contributed by atoms with Gasteiger partial charge in [-0.2, -0.15) is 5.10 Å². The Bertz CT molecular complexity index is 1390. The maximum atomic E-state index is 13.0. The van der Waals surface area contributed by atoms with Crippen molar-refractivity contribution in [1.82, 2.24) is 19.3 Å². The van der Waals surface area contributed by atoms with Crippen LogP contribution in [0, 0.1) is 6.92 Å². The van der Waals surface area contributed by atoms with Gasteiger partial charge >= 0.3 is 0 Å². The van der Waals surface area contributed by atoms with Gasteiger partial charge in [-0.1, -0.05) is 18.2 Å². The van der Waals surface area contributed by atoms with Crippen molar-refractivity contribution >= 4 is 34.4 Å². The molecule has 0 radical (unpaired) electrons. The average Bonchev–Trinajstić information content (AvgIpc) is 3.13. The van der Waals surface area contributed by atoms with E-state index in [-0.39, 0.29) is 30.2 Å². The molecule has 0 aliphatic heterocycles. The zero-order valence-corrected chi connectivity index (χ0v) is 18.6. The molecule has 0 aliphatic carbocycles. The van der Waals surface area contributed by atoms with E-state index in [4.69, 9.17) is 0 Å². The van der Waals surface area contributed by atoms with E-state index in [0.717, 1.165) is 5.69 Å². The molecule has 2 aromatic heterocycles. The largest absolute Gasteiger partial charge is 0.326 e. The van der Waals surface area contributed by atoms with E-state index in [1.807, 2.05) is 37.3 Å². The third-order valence-corrected chi connectivity index (χ3v) is 5.20. The summed E-state index contributed by atoms with van der Waals surface area (Å²) in [5, 5.41) is 10.0. The minimum absolute atomic E-state index is 0.104. The first kappa shape index (κ1) is 21.9. The lowest BCUT2D eigenvalue weighted by atomic mass is 10.2. The number of fused-ring (bicyclic) bond motifs is 1. The summed E-state index contributed by atoms with van der Waals surface area (Å²) in [7, 11) is 1.69. The van der Waals surface area contributed by atoms with Crippen molar-refractivity contribution in [1.29, 1.82) is 0 Å². The summed E-state index contributed by atoms with van der Waals surface area (Å²) in [5.74, 6) is -0.398. The fraction of sp³-hybridized carbons (Fsp3) is 0.208. The molecule has 2 aromatic carbocycles. The van der Waals surface area contributed by atoms with Crippen LogP contribution in [0.1, 0.15) is 24.7 Å². The Balaban J connectivity index is 1.52. The van der Waals surface area contributed by atoms with Gasteiger partial charge < -0.3 is 10.6 Å². The van der Waals surface area contributed by atoms with Crippen molar-refractivity contribution in [2.45, 2.75) is 26.7 Å². The molecule has 0 spiro atoms. The second kappa shape index (κ2) is 9.07. The summed E-state index contributed by atoms with van der Waals surface area (Å²) in [6, 6.07) is 16.4. The van der Waals surface area contributed by atoms with E-state index >= 15 is 0 Å². The molecule has 2 N–H and O–H groups in total. The Morgan fingerprint density at radius 3 is 2.24 bits per heavy atom. The molecule has 0 atom stereocenters. The fourth-order valence-electron chi connectivity index (χ4n) is 3.62. The molecule has 0 fully saturated rings. The Labute approximate surface area is 190 Å². The third-order valence-electron chi connectivity index (χ3n) is 5.20. The number of nitrogens with zero attached hydrogens (tertiary/aromatic N) is 4.